The lowest BCUT2D eigenvalue weighted by Gasteiger charge is -2.43. The summed E-state index contributed by atoms with van der Waals surface area (Å²) in [5.74, 6) is 5.29. The molecule has 1 aromatic rings. The average molecular weight is 411 g/mol. The Morgan fingerprint density at radius 1 is 0.933 bits per heavy atom. The Bertz CT molecular complexity index is 704. The Balaban J connectivity index is 1.32. The van der Waals surface area contributed by atoms with Crippen molar-refractivity contribution in [3.8, 4) is 5.75 Å². The third-order valence-electron chi connectivity index (χ3n) is 9.54. The maximum Gasteiger partial charge on any atom is 0.205 e. The molecule has 2 bridgehead atoms. The van der Waals surface area contributed by atoms with E-state index in [0.29, 0.717) is 12.0 Å². The van der Waals surface area contributed by atoms with Crippen molar-refractivity contribution in [2.45, 2.75) is 110 Å². The second-order valence-electron chi connectivity index (χ2n) is 11.4. The summed E-state index contributed by atoms with van der Waals surface area (Å²) in [4.78, 5) is 0. The van der Waals surface area contributed by atoms with Crippen molar-refractivity contribution in [1.82, 2.24) is 0 Å². The van der Waals surface area contributed by atoms with Crippen molar-refractivity contribution in [2.24, 2.45) is 29.1 Å². The van der Waals surface area contributed by atoms with Crippen LogP contribution < -0.4 is 4.74 Å². The van der Waals surface area contributed by atoms with Crippen LogP contribution in [0.4, 0.5) is 0 Å². The van der Waals surface area contributed by atoms with Crippen LogP contribution in [0.25, 0.3) is 0 Å². The SMILES string of the molecule is CCC(C)c1ccc(OC(OC2CC3CC2C2CCCC32)C2(C)CCCCC2)cc1. The van der Waals surface area contributed by atoms with Gasteiger partial charge in [-0.05, 0) is 92.2 Å². The van der Waals surface area contributed by atoms with Gasteiger partial charge in [0.1, 0.15) is 5.75 Å². The first-order valence-electron chi connectivity index (χ1n) is 13.0. The molecule has 0 heterocycles. The zero-order chi connectivity index (χ0) is 20.7. The maximum absolute atomic E-state index is 6.98. The van der Waals surface area contributed by atoms with Gasteiger partial charge in [0.15, 0.2) is 0 Å². The Morgan fingerprint density at radius 3 is 2.40 bits per heavy atom. The highest BCUT2D eigenvalue weighted by molar-refractivity contribution is 5.29. The summed E-state index contributed by atoms with van der Waals surface area (Å²) in [5, 5.41) is 0. The molecule has 0 saturated heterocycles. The number of rotatable bonds is 7. The highest BCUT2D eigenvalue weighted by Gasteiger charge is 2.55. The van der Waals surface area contributed by atoms with Crippen LogP contribution in [0.1, 0.15) is 103 Å². The standard InChI is InChI=1S/C28H42O2/c1-4-19(2)20-11-13-22(14-12-20)29-27(28(3)15-6-5-7-16-28)30-26-18-21-17-25(26)24-10-8-9-23(21)24/h11-14,19,21,23-27H,4-10,15-18H2,1-3H3. The number of benzene rings is 1. The van der Waals surface area contributed by atoms with Gasteiger partial charge in [0.05, 0.1) is 6.10 Å². The number of hydrogen-bond acceptors (Lipinski definition) is 2. The smallest absolute Gasteiger partial charge is 0.205 e. The molecule has 0 aliphatic heterocycles. The summed E-state index contributed by atoms with van der Waals surface area (Å²) < 4.78 is 13.7. The number of ether oxygens (including phenoxy) is 2. The van der Waals surface area contributed by atoms with Crippen LogP contribution in [-0.4, -0.2) is 12.4 Å². The van der Waals surface area contributed by atoms with Crippen LogP contribution in [0.5, 0.6) is 5.75 Å². The molecule has 166 valence electrons. The molecule has 0 aromatic heterocycles. The molecule has 30 heavy (non-hydrogen) atoms. The van der Waals surface area contributed by atoms with E-state index < -0.39 is 0 Å². The van der Waals surface area contributed by atoms with Crippen molar-refractivity contribution < 1.29 is 9.47 Å². The van der Waals surface area contributed by atoms with Crippen LogP contribution in [0.3, 0.4) is 0 Å². The molecule has 0 spiro atoms. The van der Waals surface area contributed by atoms with Gasteiger partial charge in [-0.2, -0.15) is 0 Å². The molecule has 2 nitrogen and oxygen atoms in total. The minimum absolute atomic E-state index is 0.101. The quantitative estimate of drug-likeness (QED) is 0.428. The van der Waals surface area contributed by atoms with Gasteiger partial charge >= 0.3 is 0 Å². The fourth-order valence-corrected chi connectivity index (χ4v) is 7.48. The highest BCUT2D eigenvalue weighted by Crippen LogP contribution is 2.60. The predicted molar refractivity (Wildman–Crippen MR) is 123 cm³/mol. The van der Waals surface area contributed by atoms with E-state index in [1.54, 1.807) is 0 Å². The first-order chi connectivity index (χ1) is 14.6. The summed E-state index contributed by atoms with van der Waals surface area (Å²) in [6.07, 6.45) is 15.1. The van der Waals surface area contributed by atoms with Gasteiger partial charge in [0, 0.05) is 5.41 Å². The summed E-state index contributed by atoms with van der Waals surface area (Å²) in [6.45, 7) is 6.99. The van der Waals surface area contributed by atoms with Crippen molar-refractivity contribution in [3.63, 3.8) is 0 Å². The first kappa shape index (κ1) is 20.9. The van der Waals surface area contributed by atoms with E-state index in [9.17, 15) is 0 Å². The molecule has 7 unspecified atom stereocenters. The van der Waals surface area contributed by atoms with Crippen LogP contribution in [-0.2, 0) is 4.74 Å². The fraction of sp³-hybridized carbons (Fsp3) is 0.786. The Hall–Kier alpha value is -1.02. The van der Waals surface area contributed by atoms with Crippen molar-refractivity contribution in [1.29, 1.82) is 0 Å². The topological polar surface area (TPSA) is 18.5 Å². The van der Waals surface area contributed by atoms with Gasteiger partial charge < -0.3 is 9.47 Å². The summed E-state index contributed by atoms with van der Waals surface area (Å²) >= 11 is 0. The van der Waals surface area contributed by atoms with E-state index in [0.717, 1.165) is 29.4 Å². The van der Waals surface area contributed by atoms with Gasteiger partial charge in [-0.15, -0.1) is 0 Å². The minimum Gasteiger partial charge on any atom is -0.464 e. The normalized spacial score (nSPS) is 36.4. The molecular weight excluding hydrogens is 368 g/mol. The van der Waals surface area contributed by atoms with Crippen LogP contribution >= 0.6 is 0 Å². The molecule has 7 atom stereocenters. The molecular formula is C28H42O2. The molecule has 5 rings (SSSR count). The lowest BCUT2D eigenvalue weighted by Crippen LogP contribution is -2.45. The molecule has 4 fully saturated rings. The van der Waals surface area contributed by atoms with Crippen LogP contribution in [0.2, 0.25) is 0 Å². The molecule has 4 aliphatic carbocycles. The van der Waals surface area contributed by atoms with E-state index in [1.165, 1.54) is 76.2 Å². The highest BCUT2D eigenvalue weighted by atomic mass is 16.7. The van der Waals surface area contributed by atoms with E-state index >= 15 is 0 Å². The van der Waals surface area contributed by atoms with E-state index in [-0.39, 0.29) is 11.7 Å². The van der Waals surface area contributed by atoms with Gasteiger partial charge in [0.2, 0.25) is 6.29 Å². The van der Waals surface area contributed by atoms with Crippen LogP contribution in [0, 0.1) is 29.1 Å². The lowest BCUT2D eigenvalue weighted by molar-refractivity contribution is -0.203. The second-order valence-corrected chi connectivity index (χ2v) is 11.4. The lowest BCUT2D eigenvalue weighted by atomic mass is 9.74. The van der Waals surface area contributed by atoms with Gasteiger partial charge in [-0.25, -0.2) is 0 Å². The number of fused-ring (bicyclic) bond motifs is 5. The third-order valence-corrected chi connectivity index (χ3v) is 9.54. The largest absolute Gasteiger partial charge is 0.464 e. The van der Waals surface area contributed by atoms with Crippen LogP contribution in [0.15, 0.2) is 24.3 Å². The second kappa shape index (κ2) is 8.49. The molecule has 4 saturated carbocycles. The molecule has 4 aliphatic rings. The molecule has 2 heteroatoms. The Labute approximate surface area is 184 Å². The molecule has 0 amide bonds. The Kier molecular flexibility index (Phi) is 5.90. The van der Waals surface area contributed by atoms with E-state index in [1.807, 2.05) is 0 Å². The average Bonchev–Trinajstić information content (AvgIpc) is 3.47. The predicted octanol–water partition coefficient (Wildman–Crippen LogP) is 7.72. The van der Waals surface area contributed by atoms with E-state index in [4.69, 9.17) is 9.47 Å². The zero-order valence-corrected chi connectivity index (χ0v) is 19.4. The fourth-order valence-electron chi connectivity index (χ4n) is 7.48. The summed E-state index contributed by atoms with van der Waals surface area (Å²) in [5.41, 5.74) is 1.55. The summed E-state index contributed by atoms with van der Waals surface area (Å²) in [6, 6.07) is 8.87. The minimum atomic E-state index is -0.101. The zero-order valence-electron chi connectivity index (χ0n) is 19.4. The van der Waals surface area contributed by atoms with Gasteiger partial charge in [0.25, 0.3) is 0 Å². The third kappa shape index (κ3) is 3.83. The van der Waals surface area contributed by atoms with Crippen molar-refractivity contribution in [3.05, 3.63) is 29.8 Å². The van der Waals surface area contributed by atoms with Crippen molar-refractivity contribution in [2.75, 3.05) is 0 Å². The molecule has 1 aromatic carbocycles. The maximum atomic E-state index is 6.98. The van der Waals surface area contributed by atoms with Gasteiger partial charge in [-0.3, -0.25) is 0 Å². The number of hydrogen-bond donors (Lipinski definition) is 0. The summed E-state index contributed by atoms with van der Waals surface area (Å²) in [7, 11) is 0. The van der Waals surface area contributed by atoms with Crippen molar-refractivity contribution >= 4 is 0 Å². The first-order valence-corrected chi connectivity index (χ1v) is 13.0. The molecule has 0 radical (unpaired) electrons. The molecule has 0 N–H and O–H groups in total. The van der Waals surface area contributed by atoms with E-state index in [2.05, 4.69) is 45.0 Å². The monoisotopic (exact) mass is 410 g/mol. The Morgan fingerprint density at radius 2 is 1.67 bits per heavy atom. The van der Waals surface area contributed by atoms with Gasteiger partial charge in [-0.1, -0.05) is 58.6 Å².